The number of amides is 1. The lowest BCUT2D eigenvalue weighted by Crippen LogP contribution is -2.33. The Bertz CT molecular complexity index is 973. The van der Waals surface area contributed by atoms with Gasteiger partial charge in [-0.3, -0.25) is 4.90 Å². The molecule has 33 heavy (non-hydrogen) atoms. The summed E-state index contributed by atoms with van der Waals surface area (Å²) < 4.78 is 11.8. The predicted molar refractivity (Wildman–Crippen MR) is 133 cm³/mol. The minimum Gasteiger partial charge on any atom is -0.490 e. The second-order valence-corrected chi connectivity index (χ2v) is 11.8. The normalized spacial score (nSPS) is 21.0. The molecule has 2 aromatic carbocycles. The van der Waals surface area contributed by atoms with E-state index in [1.807, 2.05) is 20.8 Å². The quantitative estimate of drug-likeness (QED) is 0.484. The van der Waals surface area contributed by atoms with Crippen molar-refractivity contribution in [1.29, 1.82) is 0 Å². The lowest BCUT2D eigenvalue weighted by molar-refractivity contribution is 0.0242. The fraction of sp³-hybridized carbons (Fsp3) is 0.552. The fourth-order valence-corrected chi connectivity index (χ4v) is 4.99. The highest BCUT2D eigenvalue weighted by atomic mass is 16.6. The largest absolute Gasteiger partial charge is 0.490 e. The third-order valence-electron chi connectivity index (χ3n) is 6.97. The Balaban J connectivity index is 1.36. The Hall–Kier alpha value is -2.49. The van der Waals surface area contributed by atoms with Crippen molar-refractivity contribution >= 4 is 6.09 Å². The lowest BCUT2D eigenvalue weighted by Gasteiger charge is -2.36. The summed E-state index contributed by atoms with van der Waals surface area (Å²) in [7, 11) is 0. The number of carbonyl (C=O) groups is 1. The summed E-state index contributed by atoms with van der Waals surface area (Å²) >= 11 is 0. The van der Waals surface area contributed by atoms with Crippen LogP contribution in [-0.2, 0) is 17.8 Å². The van der Waals surface area contributed by atoms with Crippen LogP contribution in [0.5, 0.6) is 5.75 Å². The van der Waals surface area contributed by atoms with Crippen molar-refractivity contribution < 1.29 is 14.3 Å². The van der Waals surface area contributed by atoms with Gasteiger partial charge >= 0.3 is 6.09 Å². The van der Waals surface area contributed by atoms with E-state index in [1.54, 1.807) is 4.90 Å². The first-order valence-electron chi connectivity index (χ1n) is 12.3. The van der Waals surface area contributed by atoms with E-state index < -0.39 is 5.60 Å². The molecule has 1 aliphatic heterocycles. The number of rotatable bonds is 3. The highest BCUT2D eigenvalue weighted by Gasteiger charge is 2.30. The molecule has 0 spiro atoms. The molecule has 2 aliphatic rings. The molecule has 1 amide bonds. The molecule has 0 N–H and O–H groups in total. The Kier molecular flexibility index (Phi) is 6.48. The van der Waals surface area contributed by atoms with Gasteiger partial charge in [-0.15, -0.1) is 0 Å². The number of nitrogens with zero attached hydrogens (tertiary/aromatic N) is 1. The second kappa shape index (κ2) is 9.04. The Morgan fingerprint density at radius 1 is 0.818 bits per heavy atom. The highest BCUT2D eigenvalue weighted by Crippen LogP contribution is 2.39. The van der Waals surface area contributed by atoms with E-state index >= 15 is 0 Å². The van der Waals surface area contributed by atoms with Gasteiger partial charge in [0.2, 0.25) is 0 Å². The summed E-state index contributed by atoms with van der Waals surface area (Å²) in [6, 6.07) is 14.9. The average molecular weight is 450 g/mol. The molecule has 0 bridgehead atoms. The summed E-state index contributed by atoms with van der Waals surface area (Å²) in [5, 5.41) is 0. The van der Waals surface area contributed by atoms with Crippen LogP contribution in [0, 0.1) is 11.3 Å². The number of ether oxygens (including phenoxy) is 2. The molecule has 4 nitrogen and oxygen atoms in total. The van der Waals surface area contributed by atoms with Crippen LogP contribution >= 0.6 is 0 Å². The minimum atomic E-state index is -0.479. The minimum absolute atomic E-state index is 0.252. The van der Waals surface area contributed by atoms with E-state index in [2.05, 4.69) is 63.2 Å². The van der Waals surface area contributed by atoms with Crippen LogP contribution < -0.4 is 4.74 Å². The maximum Gasteiger partial charge on any atom is 0.410 e. The van der Waals surface area contributed by atoms with Crippen LogP contribution in [0.4, 0.5) is 4.79 Å². The van der Waals surface area contributed by atoms with Crippen molar-refractivity contribution in [2.45, 2.75) is 92.0 Å². The van der Waals surface area contributed by atoms with Gasteiger partial charge in [-0.2, -0.15) is 0 Å². The molecule has 4 rings (SSSR count). The zero-order chi connectivity index (χ0) is 23.8. The number of hydrogen-bond donors (Lipinski definition) is 0. The molecule has 0 saturated heterocycles. The van der Waals surface area contributed by atoms with E-state index in [0.717, 1.165) is 35.6 Å². The van der Waals surface area contributed by atoms with Gasteiger partial charge in [0.1, 0.15) is 11.4 Å². The smallest absolute Gasteiger partial charge is 0.410 e. The molecular formula is C29H39NO3. The third-order valence-corrected chi connectivity index (χ3v) is 6.97. The second-order valence-electron chi connectivity index (χ2n) is 11.8. The molecule has 178 valence electrons. The number of hydrogen-bond acceptors (Lipinski definition) is 3. The van der Waals surface area contributed by atoms with Crippen LogP contribution in [0.25, 0.3) is 11.1 Å². The van der Waals surface area contributed by atoms with Gasteiger partial charge in [-0.1, -0.05) is 45.0 Å². The van der Waals surface area contributed by atoms with Crippen LogP contribution in [0.15, 0.2) is 42.5 Å². The first kappa shape index (κ1) is 23.7. The van der Waals surface area contributed by atoms with Crippen LogP contribution in [-0.4, -0.2) is 22.7 Å². The average Bonchev–Trinajstić information content (AvgIpc) is 3.17. The Morgan fingerprint density at radius 3 is 2.03 bits per heavy atom. The standard InChI is InChI=1S/C29H39NO3/c1-28(2,3)24-11-15-26(16-12-24)32-25-13-9-20(10-14-25)21-7-8-22-18-30(19-23(22)17-21)27(31)33-29(4,5)6/h7-10,13-14,17,24,26H,11-12,15-16,18-19H2,1-6H3. The number of fused-ring (bicyclic) bond motifs is 1. The van der Waals surface area contributed by atoms with Gasteiger partial charge in [0.25, 0.3) is 0 Å². The molecule has 1 aliphatic carbocycles. The van der Waals surface area contributed by atoms with E-state index in [4.69, 9.17) is 9.47 Å². The first-order valence-corrected chi connectivity index (χ1v) is 12.3. The van der Waals surface area contributed by atoms with Crippen molar-refractivity contribution in [3.05, 3.63) is 53.6 Å². The van der Waals surface area contributed by atoms with E-state index in [0.29, 0.717) is 24.6 Å². The molecule has 1 fully saturated rings. The fourth-order valence-electron chi connectivity index (χ4n) is 4.99. The molecule has 2 aromatic rings. The third kappa shape index (κ3) is 5.90. The van der Waals surface area contributed by atoms with Crippen LogP contribution in [0.1, 0.15) is 78.4 Å². The molecule has 0 unspecified atom stereocenters. The van der Waals surface area contributed by atoms with Crippen molar-refractivity contribution in [2.75, 3.05) is 0 Å². The molecule has 1 saturated carbocycles. The zero-order valence-corrected chi connectivity index (χ0v) is 21.1. The van der Waals surface area contributed by atoms with E-state index in [1.165, 1.54) is 24.0 Å². The summed E-state index contributed by atoms with van der Waals surface area (Å²) in [5.74, 6) is 1.75. The van der Waals surface area contributed by atoms with Gasteiger partial charge in [-0.25, -0.2) is 4.79 Å². The van der Waals surface area contributed by atoms with Crippen molar-refractivity contribution in [2.24, 2.45) is 11.3 Å². The molecule has 1 heterocycles. The van der Waals surface area contributed by atoms with Gasteiger partial charge in [-0.05, 0) is 98.2 Å². The SMILES string of the molecule is CC(C)(C)OC(=O)N1Cc2ccc(-c3ccc(OC4CCC(C(C)(C)C)CC4)cc3)cc2C1. The molecule has 4 heteroatoms. The maximum absolute atomic E-state index is 12.4. The van der Waals surface area contributed by atoms with Gasteiger partial charge in [0.05, 0.1) is 6.10 Å². The Labute approximate surface area is 199 Å². The summed E-state index contributed by atoms with van der Waals surface area (Å²) in [6.07, 6.45) is 4.86. The van der Waals surface area contributed by atoms with Crippen LogP contribution in [0.3, 0.4) is 0 Å². The zero-order valence-electron chi connectivity index (χ0n) is 21.1. The van der Waals surface area contributed by atoms with Gasteiger partial charge in [0, 0.05) is 13.1 Å². The van der Waals surface area contributed by atoms with Gasteiger partial charge < -0.3 is 9.47 Å². The molecule has 0 aromatic heterocycles. The number of carbonyl (C=O) groups excluding carboxylic acids is 1. The van der Waals surface area contributed by atoms with Crippen molar-refractivity contribution in [3.63, 3.8) is 0 Å². The summed E-state index contributed by atoms with van der Waals surface area (Å²) in [4.78, 5) is 14.2. The maximum atomic E-state index is 12.4. The van der Waals surface area contributed by atoms with Crippen molar-refractivity contribution in [3.8, 4) is 16.9 Å². The topological polar surface area (TPSA) is 38.8 Å². The number of benzene rings is 2. The van der Waals surface area contributed by atoms with E-state index in [9.17, 15) is 4.79 Å². The summed E-state index contributed by atoms with van der Waals surface area (Å²) in [6.45, 7) is 14.0. The molecular weight excluding hydrogens is 410 g/mol. The van der Waals surface area contributed by atoms with Gasteiger partial charge in [0.15, 0.2) is 0 Å². The van der Waals surface area contributed by atoms with Crippen LogP contribution in [0.2, 0.25) is 0 Å². The highest BCUT2D eigenvalue weighted by molar-refractivity contribution is 5.71. The molecule has 0 atom stereocenters. The van der Waals surface area contributed by atoms with Crippen molar-refractivity contribution in [1.82, 2.24) is 4.90 Å². The van der Waals surface area contributed by atoms with E-state index in [-0.39, 0.29) is 6.09 Å². The lowest BCUT2D eigenvalue weighted by atomic mass is 9.72. The Morgan fingerprint density at radius 2 is 1.42 bits per heavy atom. The summed E-state index contributed by atoms with van der Waals surface area (Å²) in [5.41, 5.74) is 4.62. The molecule has 0 radical (unpaired) electrons. The predicted octanol–water partition coefficient (Wildman–Crippen LogP) is 7.59. The first-order chi connectivity index (χ1) is 15.5. The monoisotopic (exact) mass is 449 g/mol.